The monoisotopic (exact) mass is 361 g/mol. The zero-order chi connectivity index (χ0) is 15.9. The van der Waals surface area contributed by atoms with E-state index in [0.29, 0.717) is 5.56 Å². The Morgan fingerprint density at radius 3 is 2.68 bits per heavy atom. The molecule has 4 nitrogen and oxygen atoms in total. The van der Waals surface area contributed by atoms with E-state index in [1.807, 2.05) is 37.4 Å². The molecule has 1 aromatic carbocycles. The number of halogens is 1. The first-order valence-electron chi connectivity index (χ1n) is 7.35. The van der Waals surface area contributed by atoms with Gasteiger partial charge in [0.15, 0.2) is 0 Å². The van der Waals surface area contributed by atoms with Gasteiger partial charge in [-0.25, -0.2) is 4.98 Å². The van der Waals surface area contributed by atoms with Crippen molar-refractivity contribution in [2.75, 3.05) is 23.8 Å². The van der Waals surface area contributed by atoms with Crippen LogP contribution >= 0.6 is 15.9 Å². The molecule has 1 amide bonds. The van der Waals surface area contributed by atoms with E-state index in [9.17, 15) is 4.79 Å². The Kier molecular flexibility index (Phi) is 5.95. The highest BCUT2D eigenvalue weighted by molar-refractivity contribution is 9.10. The van der Waals surface area contributed by atoms with Gasteiger partial charge in [-0.2, -0.15) is 0 Å². The second kappa shape index (κ2) is 7.94. The second-order valence-corrected chi connectivity index (χ2v) is 5.97. The molecule has 0 radical (unpaired) electrons. The summed E-state index contributed by atoms with van der Waals surface area (Å²) >= 11 is 3.42. The lowest BCUT2D eigenvalue weighted by molar-refractivity contribution is 0.102. The lowest BCUT2D eigenvalue weighted by atomic mass is 10.2. The highest BCUT2D eigenvalue weighted by atomic mass is 79.9. The van der Waals surface area contributed by atoms with Crippen LogP contribution in [0.25, 0.3) is 0 Å². The first-order chi connectivity index (χ1) is 10.6. The van der Waals surface area contributed by atoms with Crippen LogP contribution in [0.1, 0.15) is 30.1 Å². The molecule has 0 spiro atoms. The van der Waals surface area contributed by atoms with Crippen molar-refractivity contribution in [3.8, 4) is 0 Å². The Labute approximate surface area is 139 Å². The van der Waals surface area contributed by atoms with Crippen molar-refractivity contribution in [1.82, 2.24) is 4.98 Å². The molecule has 1 aromatic heterocycles. The van der Waals surface area contributed by atoms with E-state index >= 15 is 0 Å². The Bertz CT molecular complexity index is 628. The van der Waals surface area contributed by atoms with Crippen molar-refractivity contribution in [2.45, 2.75) is 19.8 Å². The normalized spacial score (nSPS) is 10.3. The summed E-state index contributed by atoms with van der Waals surface area (Å²) in [5, 5.41) is 2.87. The van der Waals surface area contributed by atoms with Gasteiger partial charge in [0.2, 0.25) is 0 Å². The van der Waals surface area contributed by atoms with E-state index in [2.05, 4.69) is 38.1 Å². The van der Waals surface area contributed by atoms with Crippen molar-refractivity contribution in [2.24, 2.45) is 0 Å². The highest BCUT2D eigenvalue weighted by Gasteiger charge is 2.09. The standard InChI is InChI=1S/C17H20BrN3O/c1-3-4-11-21(2)16-10-9-13(12-19-16)17(22)20-15-8-6-5-7-14(15)18/h5-10,12H,3-4,11H2,1-2H3,(H,20,22). The van der Waals surface area contributed by atoms with Crippen molar-refractivity contribution in [1.29, 1.82) is 0 Å². The van der Waals surface area contributed by atoms with Gasteiger partial charge < -0.3 is 10.2 Å². The zero-order valence-electron chi connectivity index (χ0n) is 12.8. The van der Waals surface area contributed by atoms with E-state index in [1.54, 1.807) is 12.3 Å². The van der Waals surface area contributed by atoms with E-state index < -0.39 is 0 Å². The number of pyridine rings is 1. The summed E-state index contributed by atoms with van der Waals surface area (Å²) in [5.74, 6) is 0.716. The third kappa shape index (κ3) is 4.31. The number of para-hydroxylation sites is 1. The van der Waals surface area contributed by atoms with Crippen LogP contribution in [0, 0.1) is 0 Å². The quantitative estimate of drug-likeness (QED) is 0.832. The van der Waals surface area contributed by atoms with Gasteiger partial charge in [-0.05, 0) is 46.6 Å². The van der Waals surface area contributed by atoms with E-state index in [0.717, 1.165) is 35.4 Å². The van der Waals surface area contributed by atoms with Gasteiger partial charge >= 0.3 is 0 Å². The number of nitrogens with zero attached hydrogens (tertiary/aromatic N) is 2. The molecular formula is C17H20BrN3O. The number of rotatable bonds is 6. The smallest absolute Gasteiger partial charge is 0.257 e. The minimum Gasteiger partial charge on any atom is -0.360 e. The van der Waals surface area contributed by atoms with Crippen LogP contribution in [-0.4, -0.2) is 24.5 Å². The van der Waals surface area contributed by atoms with Crippen LogP contribution < -0.4 is 10.2 Å². The number of amides is 1. The Balaban J connectivity index is 2.04. The number of carbonyl (C=O) groups excluding carboxylic acids is 1. The molecule has 0 saturated carbocycles. The molecule has 0 aliphatic carbocycles. The summed E-state index contributed by atoms with van der Waals surface area (Å²) in [7, 11) is 2.01. The van der Waals surface area contributed by atoms with Crippen LogP contribution in [0.3, 0.4) is 0 Å². The minimum absolute atomic E-state index is 0.165. The van der Waals surface area contributed by atoms with Crippen molar-refractivity contribution in [3.63, 3.8) is 0 Å². The Hall–Kier alpha value is -1.88. The number of aromatic nitrogens is 1. The number of anilines is 2. The summed E-state index contributed by atoms with van der Waals surface area (Å²) in [6.45, 7) is 3.13. The number of unbranched alkanes of at least 4 members (excludes halogenated alkanes) is 1. The van der Waals surface area contributed by atoms with Crippen LogP contribution in [0.4, 0.5) is 11.5 Å². The number of carbonyl (C=O) groups is 1. The molecule has 0 unspecified atom stereocenters. The Morgan fingerprint density at radius 2 is 2.05 bits per heavy atom. The number of nitrogens with one attached hydrogen (secondary N) is 1. The van der Waals surface area contributed by atoms with Crippen molar-refractivity contribution >= 4 is 33.3 Å². The van der Waals surface area contributed by atoms with E-state index in [1.165, 1.54) is 0 Å². The molecule has 0 saturated heterocycles. The maximum Gasteiger partial charge on any atom is 0.257 e. The summed E-state index contributed by atoms with van der Waals surface area (Å²) < 4.78 is 0.854. The predicted molar refractivity (Wildman–Crippen MR) is 94.5 cm³/mol. The molecule has 0 atom stereocenters. The average molecular weight is 362 g/mol. The third-order valence-electron chi connectivity index (χ3n) is 3.37. The summed E-state index contributed by atoms with van der Waals surface area (Å²) in [6, 6.07) is 11.2. The first kappa shape index (κ1) is 16.5. The molecular weight excluding hydrogens is 342 g/mol. The molecule has 0 aliphatic rings. The van der Waals surface area contributed by atoms with E-state index in [4.69, 9.17) is 0 Å². The maximum absolute atomic E-state index is 12.2. The second-order valence-electron chi connectivity index (χ2n) is 5.11. The van der Waals surface area contributed by atoms with Gasteiger partial charge in [0.05, 0.1) is 11.3 Å². The molecule has 22 heavy (non-hydrogen) atoms. The largest absolute Gasteiger partial charge is 0.360 e. The highest BCUT2D eigenvalue weighted by Crippen LogP contribution is 2.22. The lowest BCUT2D eigenvalue weighted by Gasteiger charge is -2.17. The van der Waals surface area contributed by atoms with Gasteiger partial charge in [-0.1, -0.05) is 25.5 Å². The predicted octanol–water partition coefficient (Wildman–Crippen LogP) is 4.33. The first-order valence-corrected chi connectivity index (χ1v) is 8.14. The molecule has 2 rings (SSSR count). The number of hydrogen-bond donors (Lipinski definition) is 1. The molecule has 0 fully saturated rings. The van der Waals surface area contributed by atoms with E-state index in [-0.39, 0.29) is 5.91 Å². The SMILES string of the molecule is CCCCN(C)c1ccc(C(=O)Nc2ccccc2Br)cn1. The molecule has 1 heterocycles. The third-order valence-corrected chi connectivity index (χ3v) is 4.06. The Morgan fingerprint density at radius 1 is 1.27 bits per heavy atom. The molecule has 2 aromatic rings. The summed E-state index contributed by atoms with van der Waals surface area (Å²) in [5.41, 5.74) is 1.29. The van der Waals surface area contributed by atoms with Crippen LogP contribution in [0.5, 0.6) is 0 Å². The molecule has 116 valence electrons. The molecule has 0 bridgehead atoms. The molecule has 0 aliphatic heterocycles. The minimum atomic E-state index is -0.165. The number of benzene rings is 1. The lowest BCUT2D eigenvalue weighted by Crippen LogP contribution is -2.20. The van der Waals surface area contributed by atoms with Crippen LogP contribution in [-0.2, 0) is 0 Å². The van der Waals surface area contributed by atoms with Gasteiger partial charge in [-0.3, -0.25) is 4.79 Å². The van der Waals surface area contributed by atoms with Gasteiger partial charge in [0.1, 0.15) is 5.82 Å². The van der Waals surface area contributed by atoms with Crippen molar-refractivity contribution in [3.05, 3.63) is 52.6 Å². The van der Waals surface area contributed by atoms with Crippen LogP contribution in [0.15, 0.2) is 47.1 Å². The zero-order valence-corrected chi connectivity index (χ0v) is 14.4. The summed E-state index contributed by atoms with van der Waals surface area (Å²) in [4.78, 5) is 18.7. The van der Waals surface area contributed by atoms with Gasteiger partial charge in [0.25, 0.3) is 5.91 Å². The van der Waals surface area contributed by atoms with Crippen molar-refractivity contribution < 1.29 is 4.79 Å². The number of hydrogen-bond acceptors (Lipinski definition) is 3. The average Bonchev–Trinajstić information content (AvgIpc) is 2.55. The molecule has 5 heteroatoms. The topological polar surface area (TPSA) is 45.2 Å². The fraction of sp³-hybridized carbons (Fsp3) is 0.294. The fourth-order valence-electron chi connectivity index (χ4n) is 2.01. The summed E-state index contributed by atoms with van der Waals surface area (Å²) in [6.07, 6.45) is 3.89. The molecule has 1 N–H and O–H groups in total. The van der Waals surface area contributed by atoms with Gasteiger partial charge in [0, 0.05) is 24.3 Å². The maximum atomic E-state index is 12.2. The van der Waals surface area contributed by atoms with Gasteiger partial charge in [-0.15, -0.1) is 0 Å². The fourth-order valence-corrected chi connectivity index (χ4v) is 2.40. The van der Waals surface area contributed by atoms with Crippen LogP contribution in [0.2, 0.25) is 0 Å².